The van der Waals surface area contributed by atoms with Gasteiger partial charge in [-0.1, -0.05) is 0 Å². The number of aromatic nitrogens is 2. The summed E-state index contributed by atoms with van der Waals surface area (Å²) in [5, 5.41) is 0. The third-order valence-corrected chi connectivity index (χ3v) is 5.56. The van der Waals surface area contributed by atoms with E-state index in [0.717, 1.165) is 44.8 Å². The summed E-state index contributed by atoms with van der Waals surface area (Å²) in [6, 6.07) is 2.13. The van der Waals surface area contributed by atoms with Crippen LogP contribution in [0, 0.1) is 0 Å². The van der Waals surface area contributed by atoms with Gasteiger partial charge in [0, 0.05) is 43.6 Å². The molecule has 2 N–H and O–H groups in total. The highest BCUT2D eigenvalue weighted by Gasteiger charge is 2.48. The van der Waals surface area contributed by atoms with Gasteiger partial charge in [0.25, 0.3) is 0 Å². The van der Waals surface area contributed by atoms with Gasteiger partial charge in [-0.3, -0.25) is 10.2 Å². The highest BCUT2D eigenvalue weighted by Crippen LogP contribution is 2.41. The number of likely N-dealkylation sites (tertiary alicyclic amines) is 1. The van der Waals surface area contributed by atoms with E-state index in [0.29, 0.717) is 6.04 Å². The Morgan fingerprint density at radius 2 is 1.87 bits per heavy atom. The quantitative estimate of drug-likeness (QED) is 0.818. The molecule has 3 aliphatic rings. The number of hydrazine groups is 1. The molecule has 0 radical (unpaired) electrons. The molecule has 124 valence electrons. The van der Waals surface area contributed by atoms with E-state index in [1.54, 1.807) is 12.4 Å². The molecular weight excluding hydrogens is 292 g/mol. The molecule has 3 fully saturated rings. The predicted octanol–water partition coefficient (Wildman–Crippen LogP) is 0.303. The Morgan fingerprint density at radius 1 is 1.17 bits per heavy atom. The zero-order chi connectivity index (χ0) is 15.9. The Morgan fingerprint density at radius 3 is 2.43 bits per heavy atom. The summed E-state index contributed by atoms with van der Waals surface area (Å²) in [7, 11) is 0. The van der Waals surface area contributed by atoms with E-state index in [1.807, 2.05) is 11.0 Å². The van der Waals surface area contributed by atoms with Gasteiger partial charge < -0.3 is 9.80 Å². The van der Waals surface area contributed by atoms with Crippen molar-refractivity contribution in [2.45, 2.75) is 50.2 Å². The van der Waals surface area contributed by atoms with Crippen molar-refractivity contribution in [2.24, 2.45) is 0 Å². The number of amides is 1. The molecule has 0 saturated carbocycles. The van der Waals surface area contributed by atoms with Crippen molar-refractivity contribution in [2.75, 3.05) is 24.5 Å². The number of hydrogen-bond acceptors (Lipinski definition) is 6. The van der Waals surface area contributed by atoms with Gasteiger partial charge in [0.15, 0.2) is 0 Å². The lowest BCUT2D eigenvalue weighted by Crippen LogP contribution is -2.65. The molecule has 23 heavy (non-hydrogen) atoms. The molecule has 1 amide bonds. The number of hydrogen-bond donors (Lipinski definition) is 2. The number of carbonyl (C=O) groups is 1. The number of nitrogens with one attached hydrogen (secondary N) is 2. The molecule has 7 nitrogen and oxygen atoms in total. The fourth-order valence-corrected chi connectivity index (χ4v) is 4.04. The van der Waals surface area contributed by atoms with Crippen LogP contribution in [0.1, 0.15) is 32.6 Å². The van der Waals surface area contributed by atoms with Crippen LogP contribution in [0.5, 0.6) is 0 Å². The first-order chi connectivity index (χ1) is 11.2. The van der Waals surface area contributed by atoms with Crippen LogP contribution < -0.4 is 15.8 Å². The van der Waals surface area contributed by atoms with Gasteiger partial charge in [0.05, 0.1) is 0 Å². The summed E-state index contributed by atoms with van der Waals surface area (Å²) in [5.41, 5.74) is 6.41. The van der Waals surface area contributed by atoms with E-state index in [1.165, 1.54) is 6.42 Å². The molecule has 1 spiro atoms. The lowest BCUT2D eigenvalue weighted by molar-refractivity contribution is -0.135. The summed E-state index contributed by atoms with van der Waals surface area (Å²) >= 11 is 0. The van der Waals surface area contributed by atoms with E-state index in [9.17, 15) is 4.79 Å². The molecule has 2 atom stereocenters. The van der Waals surface area contributed by atoms with Gasteiger partial charge in [-0.05, 0) is 38.7 Å². The molecule has 0 aliphatic carbocycles. The van der Waals surface area contributed by atoms with Crippen LogP contribution in [0.2, 0.25) is 0 Å². The Balaban J connectivity index is 1.38. The first-order valence-electron chi connectivity index (χ1n) is 8.52. The number of rotatable bonds is 2. The first kappa shape index (κ1) is 14.8. The van der Waals surface area contributed by atoms with Crippen LogP contribution in [0.25, 0.3) is 0 Å². The summed E-state index contributed by atoms with van der Waals surface area (Å²) in [6.45, 7) is 4.77. The Bertz CT molecular complexity index is 571. The second-order valence-electron chi connectivity index (χ2n) is 6.98. The fraction of sp³-hybridized carbons (Fsp3) is 0.688. The third kappa shape index (κ3) is 2.57. The Hall–Kier alpha value is -1.73. The SMILES string of the molecule is CC1CC(C(=O)N2CCC3(CC2)CCN3c2ncccn2)NN1. The smallest absolute Gasteiger partial charge is 0.241 e. The molecule has 3 aliphatic heterocycles. The normalized spacial score (nSPS) is 29.6. The molecule has 2 unspecified atom stereocenters. The van der Waals surface area contributed by atoms with Crippen LogP contribution >= 0.6 is 0 Å². The summed E-state index contributed by atoms with van der Waals surface area (Å²) < 4.78 is 0. The maximum absolute atomic E-state index is 12.6. The summed E-state index contributed by atoms with van der Waals surface area (Å²) in [4.78, 5) is 25.7. The summed E-state index contributed by atoms with van der Waals surface area (Å²) in [6.07, 6.45) is 7.65. The van der Waals surface area contributed by atoms with Crippen LogP contribution in [-0.2, 0) is 4.79 Å². The number of piperidine rings is 1. The number of nitrogens with zero attached hydrogens (tertiary/aromatic N) is 4. The van der Waals surface area contributed by atoms with Crippen molar-refractivity contribution >= 4 is 11.9 Å². The lowest BCUT2D eigenvalue weighted by atomic mass is 9.76. The van der Waals surface area contributed by atoms with Gasteiger partial charge >= 0.3 is 0 Å². The van der Waals surface area contributed by atoms with Gasteiger partial charge in [0.1, 0.15) is 6.04 Å². The Labute approximate surface area is 136 Å². The monoisotopic (exact) mass is 316 g/mol. The Kier molecular flexibility index (Phi) is 3.69. The van der Waals surface area contributed by atoms with Gasteiger partial charge in [-0.25, -0.2) is 15.4 Å². The minimum absolute atomic E-state index is 0.0750. The van der Waals surface area contributed by atoms with E-state index < -0.39 is 0 Å². The third-order valence-electron chi connectivity index (χ3n) is 5.56. The van der Waals surface area contributed by atoms with Crippen LogP contribution in [0.3, 0.4) is 0 Å². The highest BCUT2D eigenvalue weighted by molar-refractivity contribution is 5.82. The van der Waals surface area contributed by atoms with Gasteiger partial charge in [0.2, 0.25) is 11.9 Å². The van der Waals surface area contributed by atoms with Crippen LogP contribution in [-0.4, -0.2) is 58.0 Å². The predicted molar refractivity (Wildman–Crippen MR) is 86.7 cm³/mol. The number of anilines is 1. The maximum atomic E-state index is 12.6. The largest absolute Gasteiger partial charge is 0.341 e. The van der Waals surface area contributed by atoms with E-state index in [2.05, 4.69) is 32.6 Å². The first-order valence-corrected chi connectivity index (χ1v) is 8.52. The molecule has 0 bridgehead atoms. The minimum atomic E-state index is -0.0750. The topological polar surface area (TPSA) is 73.4 Å². The molecule has 0 aromatic carbocycles. The molecule has 1 aromatic rings. The number of carbonyl (C=O) groups excluding carboxylic acids is 1. The lowest BCUT2D eigenvalue weighted by Gasteiger charge is -2.56. The van der Waals surface area contributed by atoms with Gasteiger partial charge in [-0.2, -0.15) is 0 Å². The standard InChI is InChI=1S/C16H24N6O/c1-12-11-13(20-19-12)14(23)21-8-3-16(4-9-21)5-10-22(16)15-17-6-2-7-18-15/h2,6-7,12-13,19-20H,3-5,8-11H2,1H3. The molecule has 7 heteroatoms. The molecular formula is C16H24N6O. The van der Waals surface area contributed by atoms with Crippen molar-refractivity contribution in [3.05, 3.63) is 18.5 Å². The van der Waals surface area contributed by atoms with Crippen LogP contribution in [0.4, 0.5) is 5.95 Å². The zero-order valence-corrected chi connectivity index (χ0v) is 13.5. The van der Waals surface area contributed by atoms with Gasteiger partial charge in [-0.15, -0.1) is 0 Å². The summed E-state index contributed by atoms with van der Waals surface area (Å²) in [5.74, 6) is 1.06. The maximum Gasteiger partial charge on any atom is 0.241 e. The van der Waals surface area contributed by atoms with Crippen molar-refractivity contribution in [1.29, 1.82) is 0 Å². The van der Waals surface area contributed by atoms with Crippen molar-refractivity contribution < 1.29 is 4.79 Å². The van der Waals surface area contributed by atoms with E-state index in [4.69, 9.17) is 0 Å². The van der Waals surface area contributed by atoms with E-state index >= 15 is 0 Å². The average molecular weight is 316 g/mol. The highest BCUT2D eigenvalue weighted by atomic mass is 16.2. The van der Waals surface area contributed by atoms with Crippen LogP contribution in [0.15, 0.2) is 18.5 Å². The second-order valence-corrected chi connectivity index (χ2v) is 6.98. The van der Waals surface area contributed by atoms with Crippen molar-refractivity contribution in [3.63, 3.8) is 0 Å². The van der Waals surface area contributed by atoms with E-state index in [-0.39, 0.29) is 17.5 Å². The second kappa shape index (κ2) is 5.72. The molecule has 1 aromatic heterocycles. The fourth-order valence-electron chi connectivity index (χ4n) is 4.04. The zero-order valence-electron chi connectivity index (χ0n) is 13.5. The molecule has 4 heterocycles. The molecule has 4 rings (SSSR count). The average Bonchev–Trinajstić information content (AvgIpc) is 3.01. The van der Waals surface area contributed by atoms with Crippen molar-refractivity contribution in [3.8, 4) is 0 Å². The van der Waals surface area contributed by atoms with Crippen molar-refractivity contribution in [1.82, 2.24) is 25.7 Å². The minimum Gasteiger partial charge on any atom is -0.341 e. The molecule has 3 saturated heterocycles.